The van der Waals surface area contributed by atoms with Crippen LogP contribution < -0.4 is 16.2 Å². The summed E-state index contributed by atoms with van der Waals surface area (Å²) in [6.07, 6.45) is 0.00703. The lowest BCUT2D eigenvalue weighted by atomic mass is 10.2. The summed E-state index contributed by atoms with van der Waals surface area (Å²) in [6.45, 7) is 5.58. The number of aryl methyl sites for hydroxylation is 1. The number of hydrogen-bond donors (Lipinski definition) is 2. The van der Waals surface area contributed by atoms with E-state index < -0.39 is 0 Å². The van der Waals surface area contributed by atoms with E-state index in [1.165, 1.54) is 6.07 Å². The van der Waals surface area contributed by atoms with Crippen LogP contribution in [0.4, 0.5) is 5.82 Å². The molecule has 17 heavy (non-hydrogen) atoms. The molecule has 2 atom stereocenters. The molecule has 0 radical (unpaired) electrons. The fourth-order valence-corrected chi connectivity index (χ4v) is 1.99. The highest BCUT2D eigenvalue weighted by atomic mass is 16.5. The van der Waals surface area contributed by atoms with Crippen molar-refractivity contribution in [2.45, 2.75) is 26.0 Å². The average Bonchev–Trinajstić information content (AvgIpc) is 2.28. The Hall–Kier alpha value is -1.40. The summed E-state index contributed by atoms with van der Waals surface area (Å²) in [5.41, 5.74) is 5.48. The first-order valence-corrected chi connectivity index (χ1v) is 5.76. The van der Waals surface area contributed by atoms with Crippen LogP contribution in [0, 0.1) is 6.92 Å². The van der Waals surface area contributed by atoms with Crippen LogP contribution in [0.2, 0.25) is 0 Å². The van der Waals surface area contributed by atoms with Gasteiger partial charge in [0.25, 0.3) is 5.56 Å². The third kappa shape index (κ3) is 2.65. The van der Waals surface area contributed by atoms with Crippen LogP contribution in [0.1, 0.15) is 12.7 Å². The molecular formula is C11H18N4O2. The van der Waals surface area contributed by atoms with Crippen molar-refractivity contribution in [2.75, 3.05) is 24.6 Å². The Bertz CT molecular complexity index is 445. The Kier molecular flexibility index (Phi) is 3.44. The van der Waals surface area contributed by atoms with Crippen molar-refractivity contribution in [2.24, 2.45) is 5.73 Å². The third-order valence-corrected chi connectivity index (χ3v) is 2.91. The summed E-state index contributed by atoms with van der Waals surface area (Å²) < 4.78 is 5.57. The standard InChI is InChI=1S/C11H18N4O2/c1-7-6-17-9(4-12)5-15(7)10-3-11(16)14-8(2)13-10/h3,7,9H,4-6,12H2,1-2H3,(H,13,14,16). The number of anilines is 1. The van der Waals surface area contributed by atoms with Crippen molar-refractivity contribution >= 4 is 5.82 Å². The van der Waals surface area contributed by atoms with Gasteiger partial charge in [-0.25, -0.2) is 4.98 Å². The van der Waals surface area contributed by atoms with Gasteiger partial charge in [0.15, 0.2) is 0 Å². The van der Waals surface area contributed by atoms with Crippen molar-refractivity contribution in [3.05, 3.63) is 22.2 Å². The maximum absolute atomic E-state index is 11.4. The van der Waals surface area contributed by atoms with Crippen molar-refractivity contribution < 1.29 is 4.74 Å². The van der Waals surface area contributed by atoms with Gasteiger partial charge in [0.1, 0.15) is 11.6 Å². The second-order valence-corrected chi connectivity index (χ2v) is 4.38. The Morgan fingerprint density at radius 2 is 2.47 bits per heavy atom. The highest BCUT2D eigenvalue weighted by Crippen LogP contribution is 2.18. The smallest absolute Gasteiger partial charge is 0.252 e. The minimum Gasteiger partial charge on any atom is -0.373 e. The van der Waals surface area contributed by atoms with E-state index in [2.05, 4.69) is 14.9 Å². The van der Waals surface area contributed by atoms with Crippen LogP contribution in [-0.4, -0.2) is 41.8 Å². The molecule has 1 aromatic heterocycles. The van der Waals surface area contributed by atoms with Gasteiger partial charge in [-0.2, -0.15) is 0 Å². The normalized spacial score (nSPS) is 25.0. The number of aromatic amines is 1. The van der Waals surface area contributed by atoms with Crippen LogP contribution in [0.3, 0.4) is 0 Å². The zero-order valence-electron chi connectivity index (χ0n) is 10.1. The summed E-state index contributed by atoms with van der Waals surface area (Å²) in [6, 6.07) is 1.72. The summed E-state index contributed by atoms with van der Waals surface area (Å²) in [4.78, 5) is 20.5. The molecule has 2 unspecified atom stereocenters. The van der Waals surface area contributed by atoms with Crippen LogP contribution >= 0.6 is 0 Å². The Balaban J connectivity index is 2.27. The lowest BCUT2D eigenvalue weighted by molar-refractivity contribution is 0.0279. The monoisotopic (exact) mass is 238 g/mol. The molecule has 6 nitrogen and oxygen atoms in total. The third-order valence-electron chi connectivity index (χ3n) is 2.91. The molecule has 0 aliphatic carbocycles. The summed E-state index contributed by atoms with van der Waals surface area (Å²) in [5, 5.41) is 0. The van der Waals surface area contributed by atoms with Crippen molar-refractivity contribution in [1.29, 1.82) is 0 Å². The van der Waals surface area contributed by atoms with Gasteiger partial charge in [-0.1, -0.05) is 0 Å². The number of morpholine rings is 1. The van der Waals surface area contributed by atoms with Gasteiger partial charge in [0, 0.05) is 19.2 Å². The molecule has 0 aromatic carbocycles. The Labute approximate surface area is 99.8 Å². The van der Waals surface area contributed by atoms with Gasteiger partial charge in [-0.15, -0.1) is 0 Å². The van der Waals surface area contributed by atoms with Crippen LogP contribution in [0.5, 0.6) is 0 Å². The quantitative estimate of drug-likeness (QED) is 0.734. The topological polar surface area (TPSA) is 84.2 Å². The summed E-state index contributed by atoms with van der Waals surface area (Å²) in [5.74, 6) is 1.32. The lowest BCUT2D eigenvalue weighted by Crippen LogP contribution is -2.51. The summed E-state index contributed by atoms with van der Waals surface area (Å²) >= 11 is 0. The van der Waals surface area contributed by atoms with Gasteiger partial charge < -0.3 is 20.4 Å². The molecule has 1 aliphatic rings. The van der Waals surface area contributed by atoms with E-state index in [1.807, 2.05) is 6.92 Å². The molecule has 0 saturated carbocycles. The average molecular weight is 238 g/mol. The fraction of sp³-hybridized carbons (Fsp3) is 0.636. The SMILES string of the molecule is Cc1nc(N2CC(CN)OCC2C)cc(=O)[nH]1. The van der Waals surface area contributed by atoms with Gasteiger partial charge >= 0.3 is 0 Å². The second kappa shape index (κ2) is 4.85. The fourth-order valence-electron chi connectivity index (χ4n) is 1.99. The molecule has 94 valence electrons. The highest BCUT2D eigenvalue weighted by Gasteiger charge is 2.26. The molecule has 0 spiro atoms. The van der Waals surface area contributed by atoms with Gasteiger partial charge in [0.05, 0.1) is 18.8 Å². The van der Waals surface area contributed by atoms with Crippen molar-refractivity contribution in [1.82, 2.24) is 9.97 Å². The number of rotatable bonds is 2. The van der Waals surface area contributed by atoms with Gasteiger partial charge in [-0.3, -0.25) is 4.79 Å². The second-order valence-electron chi connectivity index (χ2n) is 4.38. The molecule has 3 N–H and O–H groups in total. The van der Waals surface area contributed by atoms with Crippen molar-refractivity contribution in [3.8, 4) is 0 Å². The molecule has 1 saturated heterocycles. The zero-order valence-corrected chi connectivity index (χ0v) is 10.1. The van der Waals surface area contributed by atoms with Gasteiger partial charge in [-0.05, 0) is 13.8 Å². The maximum atomic E-state index is 11.4. The first kappa shape index (κ1) is 12.1. The molecule has 0 bridgehead atoms. The molecule has 2 heterocycles. The molecule has 1 aromatic rings. The Morgan fingerprint density at radius 1 is 1.71 bits per heavy atom. The number of hydrogen-bond acceptors (Lipinski definition) is 5. The first-order chi connectivity index (χ1) is 8.10. The van der Waals surface area contributed by atoms with E-state index in [4.69, 9.17) is 10.5 Å². The van der Waals surface area contributed by atoms with E-state index in [-0.39, 0.29) is 17.7 Å². The van der Waals surface area contributed by atoms with E-state index in [9.17, 15) is 4.79 Å². The minimum absolute atomic E-state index is 0.00703. The number of nitrogens with zero attached hydrogens (tertiary/aromatic N) is 2. The van der Waals surface area contributed by atoms with Crippen LogP contribution in [0.15, 0.2) is 10.9 Å². The van der Waals surface area contributed by atoms with Crippen molar-refractivity contribution in [3.63, 3.8) is 0 Å². The zero-order chi connectivity index (χ0) is 12.4. The Morgan fingerprint density at radius 3 is 3.12 bits per heavy atom. The molecule has 6 heteroatoms. The number of nitrogens with one attached hydrogen (secondary N) is 1. The molecule has 1 aliphatic heterocycles. The van der Waals surface area contributed by atoms with E-state index >= 15 is 0 Å². The van der Waals surface area contributed by atoms with E-state index in [1.54, 1.807) is 6.92 Å². The molecule has 2 rings (SSSR count). The van der Waals surface area contributed by atoms with Gasteiger partial charge in [0.2, 0.25) is 0 Å². The van der Waals surface area contributed by atoms with E-state index in [0.29, 0.717) is 31.3 Å². The number of H-pyrrole nitrogens is 1. The predicted octanol–water partition coefficient (Wildman–Crippen LogP) is -0.369. The molecule has 1 fully saturated rings. The largest absolute Gasteiger partial charge is 0.373 e. The predicted molar refractivity (Wildman–Crippen MR) is 65.2 cm³/mol. The van der Waals surface area contributed by atoms with E-state index in [0.717, 1.165) is 0 Å². The first-order valence-electron chi connectivity index (χ1n) is 5.76. The van der Waals surface area contributed by atoms with Crippen LogP contribution in [0.25, 0.3) is 0 Å². The molecule has 0 amide bonds. The summed E-state index contributed by atoms with van der Waals surface area (Å²) in [7, 11) is 0. The lowest BCUT2D eigenvalue weighted by Gasteiger charge is -2.38. The number of aromatic nitrogens is 2. The number of nitrogens with two attached hydrogens (primary N) is 1. The van der Waals surface area contributed by atoms with Crippen LogP contribution in [-0.2, 0) is 4.74 Å². The molecular weight excluding hydrogens is 220 g/mol. The minimum atomic E-state index is -0.129. The number of ether oxygens (including phenoxy) is 1. The highest BCUT2D eigenvalue weighted by molar-refractivity contribution is 5.39. The maximum Gasteiger partial charge on any atom is 0.252 e.